The molecule has 35 heavy (non-hydrogen) atoms. The maximum absolute atomic E-state index is 12.5. The van der Waals surface area contributed by atoms with Gasteiger partial charge in [0.2, 0.25) is 5.91 Å². The first-order valence-electron chi connectivity index (χ1n) is 11.1. The number of halogens is 1. The molecule has 3 aromatic rings. The molecule has 0 saturated heterocycles. The standard InChI is InChI=1S/C24H25ClN6O4/c1-3-26-21(32)13-19-23-30-29-14(2)31(23)20-9-8-17(35-11-10-27-24(33)34)12-18(20)22(28-19)15-4-6-16(25)7-5-15/h4-9,12,19,27H,3,10-11,13H2,1-2H3,(H,26,32)(H,33,34)/t19-/m0/s1. The Hall–Kier alpha value is -3.92. The Morgan fingerprint density at radius 1 is 1.14 bits per heavy atom. The lowest BCUT2D eigenvalue weighted by atomic mass is 10.00. The van der Waals surface area contributed by atoms with Crippen LogP contribution in [0.15, 0.2) is 47.5 Å². The molecule has 1 aliphatic heterocycles. The Labute approximate surface area is 207 Å². The molecule has 2 aromatic carbocycles. The Kier molecular flexibility index (Phi) is 7.31. The third kappa shape index (κ3) is 5.43. The van der Waals surface area contributed by atoms with Gasteiger partial charge in [-0.3, -0.25) is 14.4 Å². The number of nitrogens with one attached hydrogen (secondary N) is 2. The summed E-state index contributed by atoms with van der Waals surface area (Å²) in [6.45, 7) is 4.54. The summed E-state index contributed by atoms with van der Waals surface area (Å²) >= 11 is 6.13. The van der Waals surface area contributed by atoms with Gasteiger partial charge in [-0.25, -0.2) is 4.79 Å². The number of fused-ring (bicyclic) bond motifs is 3. The Balaban J connectivity index is 1.82. The van der Waals surface area contributed by atoms with Crippen molar-refractivity contribution >= 4 is 29.3 Å². The Morgan fingerprint density at radius 3 is 2.63 bits per heavy atom. The van der Waals surface area contributed by atoms with Gasteiger partial charge in [-0.1, -0.05) is 23.7 Å². The van der Waals surface area contributed by atoms with Gasteiger partial charge in [-0.2, -0.15) is 0 Å². The maximum atomic E-state index is 12.5. The van der Waals surface area contributed by atoms with Crippen molar-refractivity contribution in [3.8, 4) is 11.4 Å². The molecule has 0 aliphatic carbocycles. The predicted molar refractivity (Wildman–Crippen MR) is 131 cm³/mol. The number of carbonyl (C=O) groups is 2. The van der Waals surface area contributed by atoms with E-state index in [0.29, 0.717) is 34.7 Å². The minimum Gasteiger partial charge on any atom is -0.492 e. The Bertz CT molecular complexity index is 1270. The second-order valence-electron chi connectivity index (χ2n) is 7.86. The highest BCUT2D eigenvalue weighted by Gasteiger charge is 2.30. The summed E-state index contributed by atoms with van der Waals surface area (Å²) in [7, 11) is 0. The van der Waals surface area contributed by atoms with E-state index >= 15 is 0 Å². The van der Waals surface area contributed by atoms with Crippen LogP contribution in [-0.4, -0.2) is 57.3 Å². The van der Waals surface area contributed by atoms with Crippen LogP contribution in [0.1, 0.15) is 42.2 Å². The van der Waals surface area contributed by atoms with Crippen LogP contribution in [0.25, 0.3) is 5.69 Å². The second kappa shape index (κ2) is 10.6. The van der Waals surface area contributed by atoms with E-state index < -0.39 is 12.1 Å². The number of carbonyl (C=O) groups excluding carboxylic acids is 1. The number of amides is 2. The van der Waals surface area contributed by atoms with Crippen LogP contribution in [0.3, 0.4) is 0 Å². The third-order valence-corrected chi connectivity index (χ3v) is 5.67. The van der Waals surface area contributed by atoms with E-state index in [9.17, 15) is 9.59 Å². The minimum atomic E-state index is -1.11. The van der Waals surface area contributed by atoms with Gasteiger partial charge in [0.1, 0.15) is 24.2 Å². The molecule has 182 valence electrons. The molecule has 2 amide bonds. The number of benzene rings is 2. The fraction of sp³-hybridized carbons (Fsp3) is 0.292. The van der Waals surface area contributed by atoms with Crippen LogP contribution in [0, 0.1) is 6.92 Å². The summed E-state index contributed by atoms with van der Waals surface area (Å²) in [5.41, 5.74) is 3.03. The predicted octanol–water partition coefficient (Wildman–Crippen LogP) is 3.29. The monoisotopic (exact) mass is 496 g/mol. The van der Waals surface area contributed by atoms with Crippen molar-refractivity contribution in [2.45, 2.75) is 26.3 Å². The van der Waals surface area contributed by atoms with E-state index in [4.69, 9.17) is 26.4 Å². The molecule has 1 atom stereocenters. The van der Waals surface area contributed by atoms with Gasteiger partial charge in [-0.05, 0) is 44.2 Å². The molecule has 2 heterocycles. The van der Waals surface area contributed by atoms with Crippen molar-refractivity contribution < 1.29 is 19.4 Å². The van der Waals surface area contributed by atoms with E-state index in [1.165, 1.54) is 0 Å². The molecule has 4 rings (SSSR count). The zero-order chi connectivity index (χ0) is 24.9. The molecule has 11 heteroatoms. The summed E-state index contributed by atoms with van der Waals surface area (Å²) in [4.78, 5) is 28.2. The highest BCUT2D eigenvalue weighted by molar-refractivity contribution is 6.30. The van der Waals surface area contributed by atoms with Crippen LogP contribution < -0.4 is 15.4 Å². The van der Waals surface area contributed by atoms with Crippen molar-refractivity contribution in [2.24, 2.45) is 4.99 Å². The van der Waals surface area contributed by atoms with Gasteiger partial charge in [0.25, 0.3) is 0 Å². The topological polar surface area (TPSA) is 131 Å². The van der Waals surface area contributed by atoms with Crippen LogP contribution in [0.5, 0.6) is 5.75 Å². The van der Waals surface area contributed by atoms with E-state index in [-0.39, 0.29) is 25.5 Å². The second-order valence-corrected chi connectivity index (χ2v) is 8.29. The summed E-state index contributed by atoms with van der Waals surface area (Å²) in [6, 6.07) is 12.3. The first-order valence-corrected chi connectivity index (χ1v) is 11.5. The molecular formula is C24H25ClN6O4. The molecule has 0 fully saturated rings. The van der Waals surface area contributed by atoms with Gasteiger partial charge in [0.05, 0.1) is 24.4 Å². The summed E-state index contributed by atoms with van der Waals surface area (Å²) < 4.78 is 7.69. The third-order valence-electron chi connectivity index (χ3n) is 5.41. The zero-order valence-electron chi connectivity index (χ0n) is 19.3. The van der Waals surface area contributed by atoms with Crippen molar-refractivity contribution in [2.75, 3.05) is 19.7 Å². The SMILES string of the molecule is CCNC(=O)C[C@@H]1N=C(c2ccc(Cl)cc2)c2cc(OCCNC(=O)O)ccc2-n2c(C)nnc21. The van der Waals surface area contributed by atoms with E-state index in [0.717, 1.165) is 16.8 Å². The number of hydrogen-bond acceptors (Lipinski definition) is 6. The lowest BCUT2D eigenvalue weighted by molar-refractivity contribution is -0.121. The number of rotatable bonds is 8. The molecule has 10 nitrogen and oxygen atoms in total. The highest BCUT2D eigenvalue weighted by atomic mass is 35.5. The average molecular weight is 497 g/mol. The molecule has 3 N–H and O–H groups in total. The minimum absolute atomic E-state index is 0.112. The number of hydrogen-bond donors (Lipinski definition) is 3. The molecule has 1 aromatic heterocycles. The number of nitrogens with zero attached hydrogens (tertiary/aromatic N) is 4. The van der Waals surface area contributed by atoms with Gasteiger partial charge >= 0.3 is 6.09 Å². The van der Waals surface area contributed by atoms with Crippen molar-refractivity contribution in [1.82, 2.24) is 25.4 Å². The van der Waals surface area contributed by atoms with Crippen LogP contribution in [-0.2, 0) is 4.79 Å². The number of ether oxygens (including phenoxy) is 1. The number of aromatic nitrogens is 3. The van der Waals surface area contributed by atoms with Crippen LogP contribution in [0.4, 0.5) is 4.79 Å². The fourth-order valence-electron chi connectivity index (χ4n) is 3.91. The molecule has 0 spiro atoms. The normalized spacial score (nSPS) is 14.3. The lowest BCUT2D eigenvalue weighted by Crippen LogP contribution is -2.26. The summed E-state index contributed by atoms with van der Waals surface area (Å²) in [5, 5.41) is 23.1. The number of aliphatic imine (C=N–C) groups is 1. The van der Waals surface area contributed by atoms with E-state index in [2.05, 4.69) is 20.8 Å². The molecule has 0 radical (unpaired) electrons. The molecule has 1 aliphatic rings. The van der Waals surface area contributed by atoms with E-state index in [1.807, 2.05) is 42.7 Å². The van der Waals surface area contributed by atoms with Crippen molar-refractivity contribution in [3.63, 3.8) is 0 Å². The first-order chi connectivity index (χ1) is 16.9. The smallest absolute Gasteiger partial charge is 0.404 e. The zero-order valence-corrected chi connectivity index (χ0v) is 20.0. The largest absolute Gasteiger partial charge is 0.492 e. The van der Waals surface area contributed by atoms with Crippen molar-refractivity contribution in [3.05, 3.63) is 70.3 Å². The summed E-state index contributed by atoms with van der Waals surface area (Å²) in [6.07, 6.45) is -0.997. The Morgan fingerprint density at radius 2 is 1.91 bits per heavy atom. The first kappa shape index (κ1) is 24.2. The lowest BCUT2D eigenvalue weighted by Gasteiger charge is -2.15. The summed E-state index contributed by atoms with van der Waals surface area (Å²) in [5.74, 6) is 1.64. The number of aryl methyl sites for hydroxylation is 1. The molecule has 0 saturated carbocycles. The molecule has 0 unspecified atom stereocenters. The van der Waals surface area contributed by atoms with Gasteiger partial charge in [0, 0.05) is 22.7 Å². The number of carboxylic acid groups (broad SMARTS) is 1. The molecular weight excluding hydrogens is 472 g/mol. The van der Waals surface area contributed by atoms with Crippen LogP contribution >= 0.6 is 11.6 Å². The van der Waals surface area contributed by atoms with Gasteiger partial charge < -0.3 is 20.5 Å². The van der Waals surface area contributed by atoms with E-state index in [1.54, 1.807) is 18.2 Å². The fourth-order valence-corrected chi connectivity index (χ4v) is 4.04. The maximum Gasteiger partial charge on any atom is 0.404 e. The van der Waals surface area contributed by atoms with Crippen LogP contribution in [0.2, 0.25) is 5.02 Å². The average Bonchev–Trinajstić information content (AvgIpc) is 3.15. The van der Waals surface area contributed by atoms with Gasteiger partial charge in [0.15, 0.2) is 5.82 Å². The molecule has 0 bridgehead atoms. The highest BCUT2D eigenvalue weighted by Crippen LogP contribution is 2.34. The van der Waals surface area contributed by atoms with Gasteiger partial charge in [-0.15, -0.1) is 10.2 Å². The van der Waals surface area contributed by atoms with Crippen molar-refractivity contribution in [1.29, 1.82) is 0 Å². The quantitative estimate of drug-likeness (QED) is 0.410.